The van der Waals surface area contributed by atoms with Crippen molar-refractivity contribution in [3.05, 3.63) is 53.2 Å². The first-order chi connectivity index (χ1) is 16.9. The summed E-state index contributed by atoms with van der Waals surface area (Å²) in [6.07, 6.45) is 9.67. The van der Waals surface area contributed by atoms with Crippen LogP contribution < -0.4 is 0 Å². The first kappa shape index (κ1) is 26.8. The molecule has 3 heterocycles. The number of oxazole rings is 1. The maximum absolute atomic E-state index is 12.4. The van der Waals surface area contributed by atoms with Crippen LogP contribution in [0.5, 0.6) is 0 Å². The summed E-state index contributed by atoms with van der Waals surface area (Å²) in [5, 5.41) is 1.29. The molecular formula is C25H30ClN3O5S2. The summed E-state index contributed by atoms with van der Waals surface area (Å²) in [6, 6.07) is 3.57. The number of likely N-dealkylation sites (tertiary alicyclic amines) is 1. The molecule has 0 N–H and O–H groups in total. The molecule has 0 saturated carbocycles. The minimum Gasteiger partial charge on any atom is -0.444 e. The molecule has 0 bridgehead atoms. The fourth-order valence-corrected chi connectivity index (χ4v) is 5.74. The Morgan fingerprint density at radius 3 is 2.53 bits per heavy atom. The van der Waals surface area contributed by atoms with Crippen molar-refractivity contribution in [3.63, 3.8) is 0 Å². The van der Waals surface area contributed by atoms with Crippen molar-refractivity contribution < 1.29 is 22.4 Å². The highest BCUT2D eigenvalue weighted by Gasteiger charge is 2.31. The number of halogens is 1. The van der Waals surface area contributed by atoms with Gasteiger partial charge in [0.1, 0.15) is 16.3 Å². The quantitative estimate of drug-likeness (QED) is 0.463. The number of aromatic nitrogens is 2. The van der Waals surface area contributed by atoms with Crippen molar-refractivity contribution in [2.24, 2.45) is 0 Å². The lowest BCUT2D eigenvalue weighted by atomic mass is 9.97. The number of pyridine rings is 1. The highest BCUT2D eigenvalue weighted by atomic mass is 35.5. The van der Waals surface area contributed by atoms with Crippen molar-refractivity contribution >= 4 is 44.9 Å². The smallest absolute Gasteiger partial charge is 0.410 e. The third-order valence-electron chi connectivity index (χ3n) is 5.89. The second-order valence-corrected chi connectivity index (χ2v) is 13.7. The Morgan fingerprint density at radius 1 is 1.25 bits per heavy atom. The molecule has 11 heteroatoms. The molecule has 2 aliphatic rings. The number of carbonyl (C=O) groups excluding carboxylic acids is 1. The van der Waals surface area contributed by atoms with Crippen LogP contribution in [-0.2, 0) is 14.6 Å². The fraction of sp³-hybridized carbons (Fsp3) is 0.480. The van der Waals surface area contributed by atoms with E-state index >= 15 is 0 Å². The van der Waals surface area contributed by atoms with Crippen molar-refractivity contribution in [1.29, 1.82) is 0 Å². The summed E-state index contributed by atoms with van der Waals surface area (Å²) in [4.78, 5) is 23.3. The molecule has 2 aromatic rings. The van der Waals surface area contributed by atoms with Gasteiger partial charge in [-0.3, -0.25) is 0 Å². The normalized spacial score (nSPS) is 19.3. The minimum atomic E-state index is -3.18. The van der Waals surface area contributed by atoms with E-state index in [-0.39, 0.29) is 12.0 Å². The van der Waals surface area contributed by atoms with E-state index in [0.717, 1.165) is 5.57 Å². The Kier molecular flexibility index (Phi) is 7.87. The van der Waals surface area contributed by atoms with E-state index in [4.69, 9.17) is 25.7 Å². The van der Waals surface area contributed by atoms with E-state index in [2.05, 4.69) is 4.98 Å². The van der Waals surface area contributed by atoms with E-state index in [1.165, 1.54) is 18.0 Å². The monoisotopic (exact) mass is 551 g/mol. The van der Waals surface area contributed by atoms with Crippen LogP contribution in [0.4, 0.5) is 4.79 Å². The number of nitrogens with zero attached hydrogens (tertiary/aromatic N) is 3. The van der Waals surface area contributed by atoms with Gasteiger partial charge in [-0.15, -0.1) is 0 Å². The van der Waals surface area contributed by atoms with Crippen LogP contribution in [0.3, 0.4) is 0 Å². The number of sulfone groups is 1. The summed E-state index contributed by atoms with van der Waals surface area (Å²) in [5.41, 5.74) is 0.932. The van der Waals surface area contributed by atoms with Crippen LogP contribution in [0.2, 0.25) is 5.02 Å². The lowest BCUT2D eigenvalue weighted by molar-refractivity contribution is 0.0198. The van der Waals surface area contributed by atoms with Crippen molar-refractivity contribution in [2.75, 3.05) is 19.3 Å². The first-order valence-electron chi connectivity index (χ1n) is 11.7. The number of hydrogen-bond donors (Lipinski definition) is 0. The molecule has 1 fully saturated rings. The first-order valence-corrected chi connectivity index (χ1v) is 14.9. The Labute approximate surface area is 221 Å². The van der Waals surface area contributed by atoms with Crippen LogP contribution in [-0.4, -0.2) is 59.6 Å². The van der Waals surface area contributed by atoms with Gasteiger partial charge in [-0.05, 0) is 63.9 Å². The molecule has 0 spiro atoms. The topological polar surface area (TPSA) is 103 Å². The molecule has 1 saturated heterocycles. The average Bonchev–Trinajstić information content (AvgIpc) is 3.23. The summed E-state index contributed by atoms with van der Waals surface area (Å²) in [5.74, 6) is 0.650. The molecule has 1 unspecified atom stereocenters. The third kappa shape index (κ3) is 6.72. The van der Waals surface area contributed by atoms with E-state index in [1.54, 1.807) is 29.3 Å². The fourth-order valence-electron chi connectivity index (χ4n) is 4.00. The Morgan fingerprint density at radius 2 is 1.97 bits per heavy atom. The summed E-state index contributed by atoms with van der Waals surface area (Å²) >= 11 is 7.32. The van der Waals surface area contributed by atoms with Crippen LogP contribution in [0.25, 0.3) is 5.57 Å². The number of piperidine rings is 1. The standard InChI is InChI=1S/C25H30ClN3O5S2/c1-25(2,3)34-24(30)29-13-11-17(12-14-29)22-28-21(16-5-8-19(9-6-16)36(4,31)32)23(33-22)35-20-10-7-18(26)15-27-20/h5-8,10,15,17,19H,9,11-14H2,1-4H3. The predicted octanol–water partition coefficient (Wildman–Crippen LogP) is 5.75. The lowest BCUT2D eigenvalue weighted by Crippen LogP contribution is -2.41. The molecule has 0 aromatic carbocycles. The lowest BCUT2D eigenvalue weighted by Gasteiger charge is -2.32. The highest BCUT2D eigenvalue weighted by Crippen LogP contribution is 2.39. The Balaban J connectivity index is 1.55. The molecular weight excluding hydrogens is 522 g/mol. The van der Waals surface area contributed by atoms with E-state index < -0.39 is 20.7 Å². The number of hydrogen-bond acceptors (Lipinski definition) is 8. The van der Waals surface area contributed by atoms with Crippen molar-refractivity contribution in [1.82, 2.24) is 14.9 Å². The van der Waals surface area contributed by atoms with Gasteiger partial charge in [0.25, 0.3) is 0 Å². The second kappa shape index (κ2) is 10.6. The van der Waals surface area contributed by atoms with Crippen LogP contribution in [0.15, 0.2) is 51.1 Å². The number of ether oxygens (including phenoxy) is 1. The van der Waals surface area contributed by atoms with Crippen molar-refractivity contribution in [2.45, 2.75) is 66.9 Å². The highest BCUT2D eigenvalue weighted by molar-refractivity contribution is 7.99. The van der Waals surface area contributed by atoms with Gasteiger partial charge in [-0.2, -0.15) is 0 Å². The SMILES string of the molecule is CC(C)(C)OC(=O)N1CCC(c2nc(C3=CCC(S(C)(=O)=O)C=C3)c(Sc3ccc(Cl)cn3)o2)CC1. The van der Waals surface area contributed by atoms with Gasteiger partial charge in [0.05, 0.1) is 10.3 Å². The minimum absolute atomic E-state index is 0.0481. The number of rotatable bonds is 5. The van der Waals surface area contributed by atoms with Gasteiger partial charge < -0.3 is 14.1 Å². The molecule has 1 aliphatic heterocycles. The van der Waals surface area contributed by atoms with Crippen molar-refractivity contribution in [3.8, 4) is 0 Å². The molecule has 2 aromatic heterocycles. The molecule has 1 amide bonds. The maximum Gasteiger partial charge on any atom is 0.410 e. The zero-order valence-corrected chi connectivity index (χ0v) is 23.1. The second-order valence-electron chi connectivity index (χ2n) is 9.97. The number of amides is 1. The zero-order chi connectivity index (χ0) is 26.1. The molecule has 4 rings (SSSR count). The van der Waals surface area contributed by atoms with Gasteiger partial charge in [-0.25, -0.2) is 23.2 Å². The maximum atomic E-state index is 12.4. The van der Waals surface area contributed by atoms with Gasteiger partial charge in [0.2, 0.25) is 0 Å². The Hall–Kier alpha value is -2.30. The average molecular weight is 552 g/mol. The van der Waals surface area contributed by atoms with Gasteiger partial charge in [0.15, 0.2) is 20.8 Å². The number of allylic oxidation sites excluding steroid dienone is 3. The van der Waals surface area contributed by atoms with E-state index in [1.807, 2.05) is 32.9 Å². The van der Waals surface area contributed by atoms with Gasteiger partial charge >= 0.3 is 6.09 Å². The van der Waals surface area contributed by atoms with Crippen LogP contribution in [0, 0.1) is 0 Å². The van der Waals surface area contributed by atoms with E-state index in [9.17, 15) is 13.2 Å². The summed E-state index contributed by atoms with van der Waals surface area (Å²) < 4.78 is 35.7. The Bertz CT molecular complexity index is 1270. The molecule has 0 radical (unpaired) electrons. The predicted molar refractivity (Wildman–Crippen MR) is 140 cm³/mol. The van der Waals surface area contributed by atoms with Gasteiger partial charge in [-0.1, -0.05) is 29.8 Å². The van der Waals surface area contributed by atoms with E-state index in [0.29, 0.717) is 59.1 Å². The zero-order valence-electron chi connectivity index (χ0n) is 20.7. The largest absolute Gasteiger partial charge is 0.444 e. The molecule has 1 aliphatic carbocycles. The molecule has 1 atom stereocenters. The summed E-state index contributed by atoms with van der Waals surface area (Å²) in [6.45, 7) is 6.67. The molecule has 194 valence electrons. The van der Waals surface area contributed by atoms with Crippen LogP contribution >= 0.6 is 23.4 Å². The van der Waals surface area contributed by atoms with Gasteiger partial charge in [0, 0.05) is 37.0 Å². The third-order valence-corrected chi connectivity index (χ3v) is 8.48. The number of carbonyl (C=O) groups is 1. The molecule has 36 heavy (non-hydrogen) atoms. The van der Waals surface area contributed by atoms with Crippen LogP contribution in [0.1, 0.15) is 57.5 Å². The summed E-state index contributed by atoms with van der Waals surface area (Å²) in [7, 11) is -3.18. The molecule has 8 nitrogen and oxygen atoms in total.